The van der Waals surface area contributed by atoms with Gasteiger partial charge in [0.1, 0.15) is 0 Å². The molecule has 2 rings (SSSR count). The van der Waals surface area contributed by atoms with Crippen LogP contribution in [0.25, 0.3) is 0 Å². The van der Waals surface area contributed by atoms with Crippen molar-refractivity contribution in [2.45, 2.75) is 52.1 Å². The average molecular weight is 308 g/mol. The van der Waals surface area contributed by atoms with Crippen LogP contribution in [0.4, 0.5) is 0 Å². The van der Waals surface area contributed by atoms with Gasteiger partial charge < -0.3 is 14.8 Å². The zero-order valence-corrected chi connectivity index (χ0v) is 13.5. The highest BCUT2D eigenvalue weighted by Gasteiger charge is 2.17. The molecule has 1 aliphatic heterocycles. The summed E-state index contributed by atoms with van der Waals surface area (Å²) in [6, 6.07) is 1.57. The van der Waals surface area contributed by atoms with Crippen LogP contribution in [0.5, 0.6) is 5.75 Å². The number of hydrogen-bond donors (Lipinski definition) is 2. The SMILES string of the molecule is CC1CCN(Cc2cc(=O)c(O)cn2CCCCCO)CC1. The van der Waals surface area contributed by atoms with Gasteiger partial charge in [-0.15, -0.1) is 0 Å². The zero-order chi connectivity index (χ0) is 15.9. The van der Waals surface area contributed by atoms with E-state index in [1.807, 2.05) is 4.57 Å². The van der Waals surface area contributed by atoms with Crippen LogP contribution in [0.2, 0.25) is 0 Å². The number of pyridine rings is 1. The van der Waals surface area contributed by atoms with Crippen molar-refractivity contribution in [1.29, 1.82) is 0 Å². The third kappa shape index (κ3) is 4.85. The fourth-order valence-electron chi connectivity index (χ4n) is 2.97. The summed E-state index contributed by atoms with van der Waals surface area (Å²) >= 11 is 0. The highest BCUT2D eigenvalue weighted by atomic mass is 16.3. The molecule has 0 spiro atoms. The van der Waals surface area contributed by atoms with Crippen LogP contribution in [-0.2, 0) is 13.1 Å². The Bertz CT molecular complexity index is 519. The summed E-state index contributed by atoms with van der Waals surface area (Å²) in [7, 11) is 0. The first-order valence-corrected chi connectivity index (χ1v) is 8.35. The van der Waals surface area contributed by atoms with Gasteiger partial charge in [0.25, 0.3) is 0 Å². The minimum absolute atomic E-state index is 0.182. The van der Waals surface area contributed by atoms with Crippen molar-refractivity contribution < 1.29 is 10.2 Å². The lowest BCUT2D eigenvalue weighted by molar-refractivity contribution is 0.180. The maximum absolute atomic E-state index is 11.7. The second-order valence-corrected chi connectivity index (χ2v) is 6.45. The van der Waals surface area contributed by atoms with Gasteiger partial charge in [-0.05, 0) is 51.1 Å². The molecule has 1 fully saturated rings. The number of hydrogen-bond acceptors (Lipinski definition) is 4. The van der Waals surface area contributed by atoms with Crippen LogP contribution in [0, 0.1) is 5.92 Å². The van der Waals surface area contributed by atoms with Crippen molar-refractivity contribution >= 4 is 0 Å². The van der Waals surface area contributed by atoms with E-state index in [1.165, 1.54) is 12.8 Å². The molecule has 0 atom stereocenters. The zero-order valence-electron chi connectivity index (χ0n) is 13.5. The molecule has 0 saturated carbocycles. The van der Waals surface area contributed by atoms with Gasteiger partial charge in [0.15, 0.2) is 5.75 Å². The molecule has 0 bridgehead atoms. The number of piperidine rings is 1. The summed E-state index contributed by atoms with van der Waals surface area (Å²) in [5.41, 5.74) is 0.674. The number of aliphatic hydroxyl groups excluding tert-OH is 1. The molecule has 124 valence electrons. The van der Waals surface area contributed by atoms with E-state index < -0.39 is 0 Å². The van der Waals surface area contributed by atoms with Crippen LogP contribution in [-0.4, -0.2) is 39.4 Å². The Hall–Kier alpha value is -1.33. The second-order valence-electron chi connectivity index (χ2n) is 6.45. The van der Waals surface area contributed by atoms with E-state index in [-0.39, 0.29) is 17.8 Å². The van der Waals surface area contributed by atoms with E-state index in [0.29, 0.717) is 0 Å². The Morgan fingerprint density at radius 3 is 2.64 bits per heavy atom. The third-order valence-electron chi connectivity index (χ3n) is 4.52. The molecule has 22 heavy (non-hydrogen) atoms. The molecule has 0 unspecified atom stereocenters. The summed E-state index contributed by atoms with van der Waals surface area (Å²) in [6.07, 6.45) is 6.66. The van der Waals surface area contributed by atoms with E-state index in [0.717, 1.165) is 57.1 Å². The van der Waals surface area contributed by atoms with Crippen molar-refractivity contribution in [3.05, 3.63) is 28.2 Å². The van der Waals surface area contributed by atoms with Crippen molar-refractivity contribution in [3.8, 4) is 5.75 Å². The molecule has 1 aliphatic rings. The van der Waals surface area contributed by atoms with Crippen LogP contribution in [0.3, 0.4) is 0 Å². The standard InChI is InChI=1S/C17H28N2O3/c1-14-5-8-18(9-6-14)12-15-11-16(21)17(22)13-19(15)7-3-2-4-10-20/h11,13-14,20,22H,2-10,12H2,1H3. The first kappa shape index (κ1) is 17.0. The molecule has 5 nitrogen and oxygen atoms in total. The molecular formula is C17H28N2O3. The number of aromatic hydroxyl groups is 1. The Balaban J connectivity index is 2.04. The molecule has 2 heterocycles. The summed E-state index contributed by atoms with van der Waals surface area (Å²) in [5, 5.41) is 18.5. The highest BCUT2D eigenvalue weighted by molar-refractivity contribution is 5.20. The first-order chi connectivity index (χ1) is 10.6. The van der Waals surface area contributed by atoms with Crippen LogP contribution in [0.1, 0.15) is 44.7 Å². The Kier molecular flexibility index (Phi) is 6.46. The number of nitrogens with zero attached hydrogens (tertiary/aromatic N) is 2. The quantitative estimate of drug-likeness (QED) is 0.756. The second kappa shape index (κ2) is 8.34. The molecule has 0 radical (unpaired) electrons. The maximum Gasteiger partial charge on any atom is 0.223 e. The lowest BCUT2D eigenvalue weighted by Crippen LogP contribution is -2.33. The smallest absolute Gasteiger partial charge is 0.223 e. The Labute approximate surface area is 132 Å². The van der Waals surface area contributed by atoms with E-state index in [1.54, 1.807) is 12.3 Å². The van der Waals surface area contributed by atoms with Gasteiger partial charge in [0.05, 0.1) is 6.20 Å². The van der Waals surface area contributed by atoms with Gasteiger partial charge in [-0.1, -0.05) is 6.92 Å². The van der Waals surface area contributed by atoms with E-state index in [9.17, 15) is 9.90 Å². The molecule has 0 amide bonds. The summed E-state index contributed by atoms with van der Waals surface area (Å²) in [5.74, 6) is 0.606. The Morgan fingerprint density at radius 1 is 1.23 bits per heavy atom. The monoisotopic (exact) mass is 308 g/mol. The maximum atomic E-state index is 11.7. The number of aryl methyl sites for hydroxylation is 1. The lowest BCUT2D eigenvalue weighted by atomic mass is 9.99. The van der Waals surface area contributed by atoms with Gasteiger partial charge >= 0.3 is 0 Å². The molecule has 0 aliphatic carbocycles. The summed E-state index contributed by atoms with van der Waals surface area (Å²) < 4.78 is 1.99. The van der Waals surface area contributed by atoms with Crippen molar-refractivity contribution in [3.63, 3.8) is 0 Å². The van der Waals surface area contributed by atoms with Crippen molar-refractivity contribution in [2.24, 2.45) is 5.92 Å². The van der Waals surface area contributed by atoms with Crippen molar-refractivity contribution in [1.82, 2.24) is 9.47 Å². The molecule has 1 aromatic heterocycles. The average Bonchev–Trinajstić information content (AvgIpc) is 2.50. The Morgan fingerprint density at radius 2 is 1.95 bits per heavy atom. The molecule has 0 aromatic carbocycles. The predicted molar refractivity (Wildman–Crippen MR) is 87.0 cm³/mol. The minimum Gasteiger partial charge on any atom is -0.503 e. The number of likely N-dealkylation sites (tertiary alicyclic amines) is 1. The van der Waals surface area contributed by atoms with Crippen LogP contribution >= 0.6 is 0 Å². The topological polar surface area (TPSA) is 65.7 Å². The summed E-state index contributed by atoms with van der Waals surface area (Å²) in [4.78, 5) is 14.1. The fraction of sp³-hybridized carbons (Fsp3) is 0.706. The largest absolute Gasteiger partial charge is 0.503 e. The van der Waals surface area contributed by atoms with Gasteiger partial charge in [-0.3, -0.25) is 9.69 Å². The van der Waals surface area contributed by atoms with E-state index in [4.69, 9.17) is 5.11 Å². The number of aromatic nitrogens is 1. The molecule has 2 N–H and O–H groups in total. The number of aliphatic hydroxyl groups is 1. The molecule has 1 saturated heterocycles. The van der Waals surface area contributed by atoms with Crippen LogP contribution < -0.4 is 5.43 Å². The third-order valence-corrected chi connectivity index (χ3v) is 4.52. The highest BCUT2D eigenvalue weighted by Crippen LogP contribution is 2.18. The van der Waals surface area contributed by atoms with Crippen LogP contribution in [0.15, 0.2) is 17.1 Å². The number of unbranched alkanes of at least 4 members (excludes halogenated alkanes) is 2. The first-order valence-electron chi connectivity index (χ1n) is 8.35. The number of rotatable bonds is 7. The lowest BCUT2D eigenvalue weighted by Gasteiger charge is -2.31. The predicted octanol–water partition coefficient (Wildman–Crippen LogP) is 1.95. The molecular weight excluding hydrogens is 280 g/mol. The van der Waals surface area contributed by atoms with Gasteiger partial charge in [0, 0.05) is 31.5 Å². The van der Waals surface area contributed by atoms with Crippen molar-refractivity contribution in [2.75, 3.05) is 19.7 Å². The van der Waals surface area contributed by atoms with Gasteiger partial charge in [-0.2, -0.15) is 0 Å². The van der Waals surface area contributed by atoms with Gasteiger partial charge in [-0.25, -0.2) is 0 Å². The van der Waals surface area contributed by atoms with E-state index >= 15 is 0 Å². The normalized spacial score (nSPS) is 17.0. The summed E-state index contributed by atoms with van der Waals surface area (Å²) in [6.45, 7) is 6.18. The minimum atomic E-state index is -0.299. The molecule has 5 heteroatoms. The molecule has 1 aromatic rings. The fourth-order valence-corrected chi connectivity index (χ4v) is 2.97. The van der Waals surface area contributed by atoms with Gasteiger partial charge in [0.2, 0.25) is 5.43 Å². The van der Waals surface area contributed by atoms with E-state index in [2.05, 4.69) is 11.8 Å².